The predicted octanol–water partition coefficient (Wildman–Crippen LogP) is 3.00. The topological polar surface area (TPSA) is 87.6 Å². The van der Waals surface area contributed by atoms with Crippen LogP contribution in [0.25, 0.3) is 0 Å². The Morgan fingerprint density at radius 1 is 1.24 bits per heavy atom. The Hall–Kier alpha value is -2.20. The zero-order valence-electron chi connectivity index (χ0n) is 12.9. The molecule has 0 bridgehead atoms. The van der Waals surface area contributed by atoms with Gasteiger partial charge in [-0.25, -0.2) is 9.99 Å². The van der Waals surface area contributed by atoms with Gasteiger partial charge in [0.25, 0.3) is 5.72 Å². The van der Waals surface area contributed by atoms with Gasteiger partial charge in [0.05, 0.1) is 12.1 Å². The van der Waals surface area contributed by atoms with E-state index in [9.17, 15) is 18.3 Å². The standard InChI is InChI=1S/C15H13BrF3N5O/c1-8-6-12(22-13(20)21-8)24-14(25,15(17,18)19)7-11(23-24)9-2-4-10(16)5-3-9/h2-6,25H,7H2,1H3,(H2,20,21,22)/t14-/m0/s1. The first kappa shape index (κ1) is 17.6. The Bertz CT molecular complexity index is 820. The van der Waals surface area contributed by atoms with Crippen LogP contribution in [0.2, 0.25) is 0 Å². The molecule has 0 unspecified atom stereocenters. The van der Waals surface area contributed by atoms with Crippen molar-refractivity contribution < 1.29 is 18.3 Å². The Balaban J connectivity index is 2.11. The number of hydrazone groups is 1. The molecule has 0 spiro atoms. The number of hydrogen-bond donors (Lipinski definition) is 2. The molecule has 2 heterocycles. The van der Waals surface area contributed by atoms with E-state index in [1.165, 1.54) is 6.07 Å². The number of nitrogen functional groups attached to an aromatic ring is 1. The lowest BCUT2D eigenvalue weighted by Crippen LogP contribution is -2.55. The summed E-state index contributed by atoms with van der Waals surface area (Å²) in [7, 11) is 0. The van der Waals surface area contributed by atoms with Crippen molar-refractivity contribution in [2.24, 2.45) is 5.10 Å². The van der Waals surface area contributed by atoms with Crippen molar-refractivity contribution in [3.8, 4) is 0 Å². The number of benzene rings is 1. The molecule has 1 atom stereocenters. The summed E-state index contributed by atoms with van der Waals surface area (Å²) in [5.41, 5.74) is 3.21. The zero-order valence-corrected chi connectivity index (χ0v) is 14.5. The molecule has 0 aliphatic carbocycles. The molecule has 0 saturated carbocycles. The maximum Gasteiger partial charge on any atom is 0.438 e. The maximum absolute atomic E-state index is 13.6. The molecule has 25 heavy (non-hydrogen) atoms. The van der Waals surface area contributed by atoms with Gasteiger partial charge in [-0.1, -0.05) is 28.1 Å². The van der Waals surface area contributed by atoms with Gasteiger partial charge < -0.3 is 10.8 Å². The molecule has 1 aliphatic rings. The van der Waals surface area contributed by atoms with Crippen LogP contribution in [0.4, 0.5) is 24.9 Å². The smallest absolute Gasteiger partial charge is 0.368 e. The fraction of sp³-hybridized carbons (Fsp3) is 0.267. The van der Waals surface area contributed by atoms with Gasteiger partial charge in [0, 0.05) is 16.2 Å². The molecule has 2 aromatic rings. The van der Waals surface area contributed by atoms with Crippen molar-refractivity contribution >= 4 is 33.4 Å². The molecule has 0 fully saturated rings. The van der Waals surface area contributed by atoms with Crippen LogP contribution in [-0.2, 0) is 0 Å². The highest BCUT2D eigenvalue weighted by Crippen LogP contribution is 2.43. The second-order valence-corrected chi connectivity index (χ2v) is 6.50. The van der Waals surface area contributed by atoms with E-state index in [0.717, 1.165) is 4.47 Å². The number of aliphatic hydroxyl groups is 1. The molecule has 6 nitrogen and oxygen atoms in total. The summed E-state index contributed by atoms with van der Waals surface area (Å²) in [6.07, 6.45) is -5.69. The van der Waals surface area contributed by atoms with Crippen LogP contribution >= 0.6 is 15.9 Å². The van der Waals surface area contributed by atoms with Crippen LogP contribution in [0, 0.1) is 6.92 Å². The summed E-state index contributed by atoms with van der Waals surface area (Å²) in [4.78, 5) is 7.61. The lowest BCUT2D eigenvalue weighted by atomic mass is 10.0. The average molecular weight is 416 g/mol. The Morgan fingerprint density at radius 3 is 2.44 bits per heavy atom. The number of aryl methyl sites for hydroxylation is 1. The summed E-state index contributed by atoms with van der Waals surface area (Å²) in [5.74, 6) is -0.427. The van der Waals surface area contributed by atoms with Gasteiger partial charge in [0.15, 0.2) is 5.82 Å². The monoisotopic (exact) mass is 415 g/mol. The molecule has 0 saturated heterocycles. The molecule has 1 aromatic carbocycles. The van der Waals surface area contributed by atoms with Crippen LogP contribution in [-0.4, -0.2) is 32.7 Å². The van der Waals surface area contributed by atoms with Crippen molar-refractivity contribution in [2.45, 2.75) is 25.2 Å². The number of aromatic nitrogens is 2. The number of halogens is 4. The molecular weight excluding hydrogens is 403 g/mol. The SMILES string of the molecule is Cc1cc(N2N=C(c3ccc(Br)cc3)C[C@]2(O)C(F)(F)F)nc(N)n1. The molecule has 132 valence electrons. The van der Waals surface area contributed by atoms with Crippen LogP contribution < -0.4 is 10.7 Å². The maximum atomic E-state index is 13.6. The van der Waals surface area contributed by atoms with Gasteiger partial charge in [-0.3, -0.25) is 0 Å². The van der Waals surface area contributed by atoms with E-state index < -0.39 is 18.3 Å². The quantitative estimate of drug-likeness (QED) is 0.786. The van der Waals surface area contributed by atoms with E-state index in [0.29, 0.717) is 16.3 Å². The van der Waals surface area contributed by atoms with E-state index in [4.69, 9.17) is 5.73 Å². The largest absolute Gasteiger partial charge is 0.438 e. The molecule has 0 amide bonds. The van der Waals surface area contributed by atoms with Crippen LogP contribution in [0.5, 0.6) is 0 Å². The van der Waals surface area contributed by atoms with Gasteiger partial charge in [-0.15, -0.1) is 0 Å². The van der Waals surface area contributed by atoms with Crippen LogP contribution in [0.15, 0.2) is 39.9 Å². The third kappa shape index (κ3) is 3.19. The second-order valence-electron chi connectivity index (χ2n) is 5.58. The number of nitrogens with zero attached hydrogens (tertiary/aromatic N) is 4. The van der Waals surface area contributed by atoms with Crippen molar-refractivity contribution in [3.05, 3.63) is 46.1 Å². The normalized spacial score (nSPS) is 20.7. The first-order valence-corrected chi connectivity index (χ1v) is 7.93. The number of alkyl halides is 3. The minimum absolute atomic E-state index is 0.0853. The molecule has 1 aliphatic heterocycles. The van der Waals surface area contributed by atoms with Crippen LogP contribution in [0.3, 0.4) is 0 Å². The average Bonchev–Trinajstić information content (AvgIpc) is 2.86. The van der Waals surface area contributed by atoms with E-state index in [1.54, 1.807) is 31.2 Å². The fourth-order valence-electron chi connectivity index (χ4n) is 2.49. The van der Waals surface area contributed by atoms with Crippen molar-refractivity contribution in [3.63, 3.8) is 0 Å². The van der Waals surface area contributed by atoms with E-state index >= 15 is 0 Å². The van der Waals surface area contributed by atoms with E-state index in [-0.39, 0.29) is 17.5 Å². The number of hydrogen-bond acceptors (Lipinski definition) is 6. The summed E-state index contributed by atoms with van der Waals surface area (Å²) < 4.78 is 41.5. The second kappa shape index (κ2) is 5.95. The van der Waals surface area contributed by atoms with Crippen LogP contribution in [0.1, 0.15) is 17.7 Å². The summed E-state index contributed by atoms with van der Waals surface area (Å²) in [5, 5.41) is 14.8. The van der Waals surface area contributed by atoms with Gasteiger partial charge >= 0.3 is 6.18 Å². The Labute approximate surface area is 149 Å². The minimum Gasteiger partial charge on any atom is -0.368 e. The number of anilines is 2. The predicted molar refractivity (Wildman–Crippen MR) is 90.0 cm³/mol. The Kier molecular flexibility index (Phi) is 4.20. The highest BCUT2D eigenvalue weighted by Gasteiger charge is 2.62. The lowest BCUT2D eigenvalue weighted by molar-refractivity contribution is -0.254. The molecule has 3 N–H and O–H groups in total. The summed E-state index contributed by atoms with van der Waals surface area (Å²) in [6, 6.07) is 7.87. The third-order valence-corrected chi connectivity index (χ3v) is 4.22. The van der Waals surface area contributed by atoms with Gasteiger partial charge in [-0.2, -0.15) is 23.3 Å². The molecule has 0 radical (unpaired) electrons. The minimum atomic E-state index is -4.96. The molecule has 3 rings (SSSR count). The highest BCUT2D eigenvalue weighted by atomic mass is 79.9. The molecular formula is C15H13BrF3N5O. The first-order chi connectivity index (χ1) is 11.6. The van der Waals surface area contributed by atoms with Crippen molar-refractivity contribution in [2.75, 3.05) is 10.7 Å². The van der Waals surface area contributed by atoms with Gasteiger partial charge in [0.2, 0.25) is 5.95 Å². The lowest BCUT2D eigenvalue weighted by Gasteiger charge is -2.33. The first-order valence-electron chi connectivity index (χ1n) is 7.14. The Morgan fingerprint density at radius 2 is 1.88 bits per heavy atom. The fourth-order valence-corrected chi connectivity index (χ4v) is 2.76. The third-order valence-electron chi connectivity index (χ3n) is 3.69. The zero-order chi connectivity index (χ0) is 18.4. The van der Waals surface area contributed by atoms with Crippen molar-refractivity contribution in [1.82, 2.24) is 9.97 Å². The number of rotatable bonds is 2. The molecule has 1 aromatic heterocycles. The van der Waals surface area contributed by atoms with E-state index in [1.807, 2.05) is 0 Å². The summed E-state index contributed by atoms with van der Waals surface area (Å²) in [6.45, 7) is 1.56. The van der Waals surface area contributed by atoms with Crippen molar-refractivity contribution in [1.29, 1.82) is 0 Å². The van der Waals surface area contributed by atoms with E-state index in [2.05, 4.69) is 31.0 Å². The summed E-state index contributed by atoms with van der Waals surface area (Å²) >= 11 is 3.26. The highest BCUT2D eigenvalue weighted by molar-refractivity contribution is 9.10. The van der Waals surface area contributed by atoms with Gasteiger partial charge in [0.1, 0.15) is 0 Å². The molecule has 10 heteroatoms. The van der Waals surface area contributed by atoms with Gasteiger partial charge in [-0.05, 0) is 24.6 Å². The number of nitrogens with two attached hydrogens (primary N) is 1.